The van der Waals surface area contributed by atoms with Crippen molar-refractivity contribution in [2.24, 2.45) is 5.73 Å². The first-order valence-electron chi connectivity index (χ1n) is 4.13. The molecular formula is C9H8F2IN3. The van der Waals surface area contributed by atoms with Crippen LogP contribution in [-0.2, 0) is 13.0 Å². The maximum Gasteiger partial charge on any atom is 0.266 e. The smallest absolute Gasteiger partial charge is 0.266 e. The summed E-state index contributed by atoms with van der Waals surface area (Å²) in [5.41, 5.74) is 6.06. The van der Waals surface area contributed by atoms with Crippen molar-refractivity contribution in [1.29, 1.82) is 5.26 Å². The second-order valence-electron chi connectivity index (χ2n) is 2.81. The molecule has 0 bridgehead atoms. The third-order valence-electron chi connectivity index (χ3n) is 1.96. The number of hydrogen-bond acceptors (Lipinski definition) is 3. The van der Waals surface area contributed by atoms with Crippen molar-refractivity contribution in [1.82, 2.24) is 4.98 Å². The van der Waals surface area contributed by atoms with Crippen LogP contribution < -0.4 is 5.73 Å². The fourth-order valence-corrected chi connectivity index (χ4v) is 1.97. The van der Waals surface area contributed by atoms with Gasteiger partial charge in [-0.15, -0.1) is 0 Å². The van der Waals surface area contributed by atoms with Crippen molar-refractivity contribution in [3.8, 4) is 6.07 Å². The van der Waals surface area contributed by atoms with Crippen molar-refractivity contribution in [2.45, 2.75) is 19.4 Å². The zero-order chi connectivity index (χ0) is 11.4. The Bertz CT molecular complexity index is 401. The molecule has 3 nitrogen and oxygen atoms in total. The quantitative estimate of drug-likeness (QED) is 0.685. The highest BCUT2D eigenvalue weighted by Crippen LogP contribution is 2.29. The SMILES string of the molecule is N#CCc1c(CN)cnc(I)c1C(F)F. The molecule has 1 aromatic heterocycles. The molecule has 0 saturated carbocycles. The van der Waals surface area contributed by atoms with Crippen molar-refractivity contribution in [3.05, 3.63) is 26.6 Å². The van der Waals surface area contributed by atoms with Crippen LogP contribution in [-0.4, -0.2) is 4.98 Å². The Morgan fingerprint density at radius 3 is 2.73 bits per heavy atom. The highest BCUT2D eigenvalue weighted by molar-refractivity contribution is 14.1. The van der Waals surface area contributed by atoms with Crippen LogP contribution in [0, 0.1) is 15.0 Å². The Labute approximate surface area is 99.4 Å². The van der Waals surface area contributed by atoms with Gasteiger partial charge < -0.3 is 5.73 Å². The molecule has 2 N–H and O–H groups in total. The molecule has 0 radical (unpaired) electrons. The summed E-state index contributed by atoms with van der Waals surface area (Å²) in [4.78, 5) is 3.83. The van der Waals surface area contributed by atoms with E-state index < -0.39 is 6.43 Å². The highest BCUT2D eigenvalue weighted by atomic mass is 127. The minimum absolute atomic E-state index is 0.0648. The van der Waals surface area contributed by atoms with E-state index >= 15 is 0 Å². The molecular weight excluding hydrogens is 315 g/mol. The lowest BCUT2D eigenvalue weighted by atomic mass is 10.0. The second-order valence-corrected chi connectivity index (χ2v) is 3.83. The predicted molar refractivity (Wildman–Crippen MR) is 59.1 cm³/mol. The molecule has 15 heavy (non-hydrogen) atoms. The molecule has 0 fully saturated rings. The molecule has 0 unspecified atom stereocenters. The highest BCUT2D eigenvalue weighted by Gasteiger charge is 2.20. The number of aromatic nitrogens is 1. The van der Waals surface area contributed by atoms with Gasteiger partial charge in [0.1, 0.15) is 3.70 Å². The number of nitrogens with two attached hydrogens (primary N) is 1. The summed E-state index contributed by atoms with van der Waals surface area (Å²) in [6.07, 6.45) is -1.25. The third-order valence-corrected chi connectivity index (χ3v) is 2.82. The van der Waals surface area contributed by atoms with Gasteiger partial charge >= 0.3 is 0 Å². The van der Waals surface area contributed by atoms with Crippen LogP contribution in [0.5, 0.6) is 0 Å². The first-order valence-corrected chi connectivity index (χ1v) is 5.21. The number of alkyl halides is 2. The maximum absolute atomic E-state index is 12.7. The van der Waals surface area contributed by atoms with Crippen LogP contribution in [0.2, 0.25) is 0 Å². The first kappa shape index (κ1) is 12.3. The Morgan fingerprint density at radius 1 is 1.60 bits per heavy atom. The van der Waals surface area contributed by atoms with E-state index in [0.29, 0.717) is 11.1 Å². The molecule has 6 heteroatoms. The molecule has 0 aromatic carbocycles. The molecule has 80 valence electrons. The summed E-state index contributed by atoms with van der Waals surface area (Å²) in [5, 5.41) is 8.58. The van der Waals surface area contributed by atoms with E-state index in [1.165, 1.54) is 6.20 Å². The number of halogens is 3. The van der Waals surface area contributed by atoms with Gasteiger partial charge in [0, 0.05) is 12.7 Å². The first-order chi connectivity index (χ1) is 7.11. The number of rotatable bonds is 3. The average molecular weight is 323 g/mol. The predicted octanol–water partition coefficient (Wildman–Crippen LogP) is 2.15. The lowest BCUT2D eigenvalue weighted by molar-refractivity contribution is 0.148. The largest absolute Gasteiger partial charge is 0.326 e. The molecule has 0 aliphatic heterocycles. The summed E-state index contributed by atoms with van der Waals surface area (Å²) >= 11 is 1.73. The monoisotopic (exact) mass is 323 g/mol. The molecule has 1 heterocycles. The van der Waals surface area contributed by atoms with Gasteiger partial charge in [0.2, 0.25) is 0 Å². The molecule has 0 atom stereocenters. The fraction of sp³-hybridized carbons (Fsp3) is 0.333. The second kappa shape index (κ2) is 5.32. The summed E-state index contributed by atoms with van der Waals surface area (Å²) in [6, 6.07) is 1.86. The van der Waals surface area contributed by atoms with Crippen molar-refractivity contribution < 1.29 is 8.78 Å². The van der Waals surface area contributed by atoms with Gasteiger partial charge in [0.15, 0.2) is 0 Å². The zero-order valence-corrected chi connectivity index (χ0v) is 9.83. The molecule has 0 saturated heterocycles. The molecule has 1 aromatic rings. The van der Waals surface area contributed by atoms with Gasteiger partial charge in [0.05, 0.1) is 18.1 Å². The van der Waals surface area contributed by atoms with Crippen LogP contribution in [0.4, 0.5) is 8.78 Å². The van der Waals surface area contributed by atoms with E-state index in [2.05, 4.69) is 4.98 Å². The van der Waals surface area contributed by atoms with Gasteiger partial charge in [-0.3, -0.25) is 0 Å². The average Bonchev–Trinajstić information content (AvgIpc) is 2.18. The van der Waals surface area contributed by atoms with Gasteiger partial charge in [0.25, 0.3) is 6.43 Å². The third kappa shape index (κ3) is 2.60. The molecule has 0 spiro atoms. The van der Waals surface area contributed by atoms with Crippen molar-refractivity contribution in [2.75, 3.05) is 0 Å². The van der Waals surface area contributed by atoms with Crippen LogP contribution in [0.1, 0.15) is 23.1 Å². The Hall–Kier alpha value is -0.810. The Balaban J connectivity index is 3.38. The van der Waals surface area contributed by atoms with E-state index in [1.807, 2.05) is 6.07 Å². The standard InChI is InChI=1S/C9H8F2IN3/c10-8(11)7-6(1-2-13)5(3-14)4-15-9(7)12/h4,8H,1,3,14H2. The minimum Gasteiger partial charge on any atom is -0.326 e. The van der Waals surface area contributed by atoms with E-state index in [-0.39, 0.29) is 22.2 Å². The topological polar surface area (TPSA) is 62.7 Å². The minimum atomic E-state index is -2.63. The van der Waals surface area contributed by atoms with E-state index in [4.69, 9.17) is 11.0 Å². The van der Waals surface area contributed by atoms with Crippen molar-refractivity contribution >= 4 is 22.6 Å². The van der Waals surface area contributed by atoms with Gasteiger partial charge in [-0.1, -0.05) is 0 Å². The summed E-state index contributed by atoms with van der Waals surface area (Å²) in [7, 11) is 0. The zero-order valence-electron chi connectivity index (χ0n) is 7.67. The number of nitrogens with zero attached hydrogens (tertiary/aromatic N) is 2. The summed E-state index contributed by atoms with van der Waals surface area (Å²) in [5.74, 6) is 0. The fourth-order valence-electron chi connectivity index (χ4n) is 1.26. The van der Waals surface area contributed by atoms with Crippen LogP contribution >= 0.6 is 22.6 Å². The Kier molecular flexibility index (Phi) is 4.35. The lowest BCUT2D eigenvalue weighted by Crippen LogP contribution is -2.08. The van der Waals surface area contributed by atoms with Gasteiger partial charge in [-0.05, 0) is 33.7 Å². The molecule has 0 amide bonds. The van der Waals surface area contributed by atoms with E-state index in [0.717, 1.165) is 0 Å². The summed E-state index contributed by atoms with van der Waals surface area (Å²) < 4.78 is 25.7. The van der Waals surface area contributed by atoms with Crippen LogP contribution in [0.3, 0.4) is 0 Å². The van der Waals surface area contributed by atoms with Gasteiger partial charge in [-0.25, -0.2) is 13.8 Å². The van der Waals surface area contributed by atoms with Crippen LogP contribution in [0.15, 0.2) is 6.20 Å². The number of pyridine rings is 1. The number of hydrogen-bond donors (Lipinski definition) is 1. The molecule has 1 rings (SSSR count). The van der Waals surface area contributed by atoms with E-state index in [9.17, 15) is 8.78 Å². The maximum atomic E-state index is 12.7. The lowest BCUT2D eigenvalue weighted by Gasteiger charge is -2.11. The van der Waals surface area contributed by atoms with Gasteiger partial charge in [-0.2, -0.15) is 5.26 Å². The normalized spacial score (nSPS) is 10.4. The number of nitriles is 1. The van der Waals surface area contributed by atoms with Crippen molar-refractivity contribution in [3.63, 3.8) is 0 Å². The van der Waals surface area contributed by atoms with E-state index in [1.54, 1.807) is 22.6 Å². The van der Waals surface area contributed by atoms with Crippen LogP contribution in [0.25, 0.3) is 0 Å². The molecule has 0 aliphatic rings. The summed E-state index contributed by atoms with van der Waals surface area (Å²) in [6.45, 7) is 0.112. The Morgan fingerprint density at radius 2 is 2.27 bits per heavy atom. The molecule has 0 aliphatic carbocycles.